The Bertz CT molecular complexity index is 1100. The van der Waals surface area contributed by atoms with Gasteiger partial charge >= 0.3 is 5.97 Å². The lowest BCUT2D eigenvalue weighted by atomic mass is 9.87. The van der Waals surface area contributed by atoms with E-state index in [2.05, 4.69) is 38.7 Å². The van der Waals surface area contributed by atoms with Gasteiger partial charge in [-0.25, -0.2) is 4.98 Å². The van der Waals surface area contributed by atoms with Gasteiger partial charge in [0.05, 0.1) is 47.9 Å². The van der Waals surface area contributed by atoms with Crippen molar-refractivity contribution in [2.24, 2.45) is 17.8 Å². The van der Waals surface area contributed by atoms with Crippen molar-refractivity contribution >= 4 is 17.7 Å². The average Bonchev–Trinajstić information content (AvgIpc) is 3.75. The minimum absolute atomic E-state index is 0.0109. The van der Waals surface area contributed by atoms with Crippen molar-refractivity contribution in [3.8, 4) is 6.07 Å². The zero-order valence-corrected chi connectivity index (χ0v) is 22.2. The standard InChI is InChI=1S/C28H38N4O4/c1-6-35-27(34)19-11-18(19)26(33)32-10-9-31(14-23(32)16(2)3)25-21(13-29)20-12-28(4,5)36-15-22(20)24(30-25)17-7-8-17/h16-19,23H,6-12,14-15H2,1-5H3/t18-,19-,23+/m1/s1. The third-order valence-electron chi connectivity index (χ3n) is 8.18. The van der Waals surface area contributed by atoms with Crippen LogP contribution in [-0.4, -0.2) is 59.6 Å². The van der Waals surface area contributed by atoms with E-state index in [1.807, 2.05) is 4.90 Å². The monoisotopic (exact) mass is 494 g/mol. The van der Waals surface area contributed by atoms with Crippen molar-refractivity contribution in [1.82, 2.24) is 9.88 Å². The van der Waals surface area contributed by atoms with Crippen LogP contribution in [0, 0.1) is 29.1 Å². The Balaban J connectivity index is 1.42. The number of pyridine rings is 1. The number of amides is 1. The van der Waals surface area contributed by atoms with Crippen LogP contribution in [0.1, 0.15) is 82.2 Å². The van der Waals surface area contributed by atoms with Gasteiger partial charge in [-0.15, -0.1) is 0 Å². The second-order valence-corrected chi connectivity index (χ2v) is 11.8. The fourth-order valence-corrected chi connectivity index (χ4v) is 5.86. The van der Waals surface area contributed by atoms with Crippen molar-refractivity contribution in [1.29, 1.82) is 5.26 Å². The largest absolute Gasteiger partial charge is 0.466 e. The maximum absolute atomic E-state index is 13.4. The smallest absolute Gasteiger partial charge is 0.309 e. The molecular formula is C28H38N4O4. The van der Waals surface area contributed by atoms with E-state index in [0.29, 0.717) is 57.2 Å². The Morgan fingerprint density at radius 3 is 2.61 bits per heavy atom. The van der Waals surface area contributed by atoms with Crippen molar-refractivity contribution < 1.29 is 19.1 Å². The average molecular weight is 495 g/mol. The Labute approximate surface area is 213 Å². The summed E-state index contributed by atoms with van der Waals surface area (Å²) in [4.78, 5) is 34.8. The molecule has 1 amide bonds. The molecule has 1 saturated heterocycles. The predicted molar refractivity (Wildman–Crippen MR) is 134 cm³/mol. The first-order chi connectivity index (χ1) is 17.1. The van der Waals surface area contributed by atoms with Gasteiger partial charge < -0.3 is 19.3 Å². The highest BCUT2D eigenvalue weighted by Gasteiger charge is 2.52. The molecule has 8 heteroatoms. The highest BCUT2D eigenvalue weighted by Crippen LogP contribution is 2.46. The van der Waals surface area contributed by atoms with Gasteiger partial charge in [-0.1, -0.05) is 13.8 Å². The van der Waals surface area contributed by atoms with E-state index in [1.165, 1.54) is 0 Å². The van der Waals surface area contributed by atoms with Gasteiger partial charge in [0.15, 0.2) is 0 Å². The molecule has 36 heavy (non-hydrogen) atoms. The molecule has 0 N–H and O–H groups in total. The lowest BCUT2D eigenvalue weighted by Crippen LogP contribution is -2.58. The zero-order valence-electron chi connectivity index (χ0n) is 22.2. The summed E-state index contributed by atoms with van der Waals surface area (Å²) in [5.41, 5.74) is 3.66. The fourth-order valence-electron chi connectivity index (χ4n) is 5.86. The third-order valence-corrected chi connectivity index (χ3v) is 8.18. The van der Waals surface area contributed by atoms with Crippen LogP contribution in [-0.2, 0) is 32.1 Å². The van der Waals surface area contributed by atoms with E-state index in [9.17, 15) is 14.9 Å². The van der Waals surface area contributed by atoms with Crippen molar-refractivity contribution in [2.45, 2.75) is 84.5 Å². The predicted octanol–water partition coefficient (Wildman–Crippen LogP) is 3.55. The van der Waals surface area contributed by atoms with Gasteiger partial charge in [-0.3, -0.25) is 9.59 Å². The summed E-state index contributed by atoms with van der Waals surface area (Å²) in [6, 6.07) is 2.48. The first-order valence-electron chi connectivity index (χ1n) is 13.5. The van der Waals surface area contributed by atoms with Gasteiger partial charge in [0.2, 0.25) is 5.91 Å². The lowest BCUT2D eigenvalue weighted by molar-refractivity contribution is -0.147. The van der Waals surface area contributed by atoms with Crippen LogP contribution in [0.25, 0.3) is 0 Å². The molecule has 1 aromatic rings. The number of carbonyl (C=O) groups is 2. The summed E-state index contributed by atoms with van der Waals surface area (Å²) in [7, 11) is 0. The normalized spacial score (nSPS) is 26.9. The fraction of sp³-hybridized carbons (Fsp3) is 0.714. The summed E-state index contributed by atoms with van der Waals surface area (Å²) in [6.07, 6.45) is 3.54. The molecule has 0 bridgehead atoms. The number of esters is 1. The Kier molecular flexibility index (Phi) is 6.48. The van der Waals surface area contributed by atoms with Crippen LogP contribution in [0.15, 0.2) is 0 Å². The van der Waals surface area contributed by atoms with Gasteiger partial charge in [-0.2, -0.15) is 5.26 Å². The first kappa shape index (κ1) is 25.0. The number of piperazine rings is 1. The summed E-state index contributed by atoms with van der Waals surface area (Å²) in [5, 5.41) is 10.3. The molecule has 1 aromatic heterocycles. The first-order valence-corrected chi connectivity index (χ1v) is 13.5. The number of ether oxygens (including phenoxy) is 2. The van der Waals surface area contributed by atoms with Crippen LogP contribution < -0.4 is 4.90 Å². The number of carbonyl (C=O) groups excluding carboxylic acids is 2. The lowest BCUT2D eigenvalue weighted by Gasteiger charge is -2.45. The Morgan fingerprint density at radius 2 is 1.97 bits per heavy atom. The molecule has 3 heterocycles. The summed E-state index contributed by atoms with van der Waals surface area (Å²) in [6.45, 7) is 12.9. The molecule has 0 aromatic carbocycles. The Morgan fingerprint density at radius 1 is 1.22 bits per heavy atom. The van der Waals surface area contributed by atoms with E-state index < -0.39 is 0 Å². The van der Waals surface area contributed by atoms with Gasteiger partial charge in [-0.05, 0) is 51.5 Å². The SMILES string of the molecule is CCOC(=O)[C@@H]1C[C@H]1C(=O)N1CCN(c2nc(C3CC3)c3c(c2C#N)CC(C)(C)OC3)C[C@H]1C(C)C. The number of nitriles is 1. The molecule has 5 rings (SSSR count). The van der Waals surface area contributed by atoms with Crippen LogP contribution >= 0.6 is 0 Å². The van der Waals surface area contributed by atoms with Crippen molar-refractivity contribution in [2.75, 3.05) is 31.1 Å². The van der Waals surface area contributed by atoms with E-state index in [0.717, 1.165) is 35.5 Å². The molecule has 194 valence electrons. The molecule has 3 atom stereocenters. The number of hydrogen-bond donors (Lipinski definition) is 0. The van der Waals surface area contributed by atoms with Crippen molar-refractivity contribution in [3.63, 3.8) is 0 Å². The quantitative estimate of drug-likeness (QED) is 0.558. The van der Waals surface area contributed by atoms with Gasteiger partial charge in [0, 0.05) is 37.5 Å². The third kappa shape index (κ3) is 4.58. The number of rotatable bonds is 6. The molecule has 0 unspecified atom stereocenters. The second-order valence-electron chi connectivity index (χ2n) is 11.8. The van der Waals surface area contributed by atoms with Crippen molar-refractivity contribution in [3.05, 3.63) is 22.4 Å². The molecule has 2 aliphatic heterocycles. The van der Waals surface area contributed by atoms with Crippen LogP contribution in [0.2, 0.25) is 0 Å². The highest BCUT2D eigenvalue weighted by atomic mass is 16.5. The molecule has 4 aliphatic rings. The van der Waals surface area contributed by atoms with E-state index >= 15 is 0 Å². The summed E-state index contributed by atoms with van der Waals surface area (Å²) >= 11 is 0. The molecular weight excluding hydrogens is 456 g/mol. The maximum atomic E-state index is 13.4. The molecule has 0 radical (unpaired) electrons. The van der Waals surface area contributed by atoms with Gasteiger partial charge in [0.25, 0.3) is 0 Å². The van der Waals surface area contributed by atoms with Crippen LogP contribution in [0.5, 0.6) is 0 Å². The number of anilines is 1. The van der Waals surface area contributed by atoms with Gasteiger partial charge in [0.1, 0.15) is 11.9 Å². The Hall–Kier alpha value is -2.66. The molecule has 2 aliphatic carbocycles. The molecule has 2 saturated carbocycles. The molecule has 8 nitrogen and oxygen atoms in total. The zero-order chi connectivity index (χ0) is 25.8. The minimum Gasteiger partial charge on any atom is -0.466 e. The molecule has 3 fully saturated rings. The minimum atomic E-state index is -0.316. The van der Waals surface area contributed by atoms with E-state index in [1.54, 1.807) is 6.92 Å². The second kappa shape index (κ2) is 9.33. The number of aromatic nitrogens is 1. The van der Waals surface area contributed by atoms with Crippen LogP contribution in [0.3, 0.4) is 0 Å². The maximum Gasteiger partial charge on any atom is 0.309 e. The number of nitrogens with zero attached hydrogens (tertiary/aromatic N) is 4. The summed E-state index contributed by atoms with van der Waals surface area (Å²) < 4.78 is 11.3. The number of fused-ring (bicyclic) bond motifs is 1. The molecule has 0 spiro atoms. The summed E-state index contributed by atoms with van der Waals surface area (Å²) in [5.74, 6) is 0.683. The number of hydrogen-bond acceptors (Lipinski definition) is 7. The topological polar surface area (TPSA) is 95.8 Å². The highest BCUT2D eigenvalue weighted by molar-refractivity contribution is 5.90. The van der Waals surface area contributed by atoms with E-state index in [4.69, 9.17) is 14.5 Å². The van der Waals surface area contributed by atoms with E-state index in [-0.39, 0.29) is 41.3 Å². The van der Waals surface area contributed by atoms with Crippen LogP contribution in [0.4, 0.5) is 5.82 Å².